The highest BCUT2D eigenvalue weighted by molar-refractivity contribution is 6.31. The Balaban J connectivity index is 3.05. The second-order valence-corrected chi connectivity index (χ2v) is 3.43. The van der Waals surface area contributed by atoms with Crippen LogP contribution in [-0.2, 0) is 6.18 Å². The molecule has 0 aliphatic heterocycles. The summed E-state index contributed by atoms with van der Waals surface area (Å²) in [5.74, 6) is 5.29. The first-order valence-electron chi connectivity index (χ1n) is 4.45. The molecule has 1 nitrogen and oxygen atoms in total. The molecule has 1 aromatic carbocycles. The summed E-state index contributed by atoms with van der Waals surface area (Å²) >= 11 is 5.46. The average molecular weight is 248 g/mol. The second-order valence-electron chi connectivity index (χ2n) is 3.02. The number of hydrogen-bond acceptors (Lipinski definition) is 1. The van der Waals surface area contributed by atoms with Gasteiger partial charge in [-0.3, -0.25) is 0 Å². The molecule has 0 spiro atoms. The van der Waals surface area contributed by atoms with Gasteiger partial charge in [-0.25, -0.2) is 0 Å². The van der Waals surface area contributed by atoms with Gasteiger partial charge in [0, 0.05) is 5.56 Å². The van der Waals surface area contributed by atoms with E-state index in [4.69, 9.17) is 11.6 Å². The van der Waals surface area contributed by atoms with E-state index in [1.165, 1.54) is 12.1 Å². The molecule has 1 aromatic rings. The van der Waals surface area contributed by atoms with Gasteiger partial charge in [0.15, 0.2) is 0 Å². The van der Waals surface area contributed by atoms with E-state index in [0.717, 1.165) is 6.07 Å². The Morgan fingerprint density at radius 3 is 2.62 bits per heavy atom. The van der Waals surface area contributed by atoms with Crippen molar-refractivity contribution in [2.45, 2.75) is 6.18 Å². The molecule has 0 fully saturated rings. The molecular weight excluding hydrogens is 239 g/mol. The molecule has 0 heterocycles. The number of alkyl halides is 3. The van der Waals surface area contributed by atoms with E-state index in [1.807, 2.05) is 0 Å². The Kier molecular flexibility index (Phi) is 4.22. The lowest BCUT2D eigenvalue weighted by molar-refractivity contribution is -0.137. The molecule has 0 aliphatic rings. The van der Waals surface area contributed by atoms with Gasteiger partial charge in [-0.2, -0.15) is 13.2 Å². The van der Waals surface area contributed by atoms with Crippen molar-refractivity contribution in [3.8, 4) is 11.8 Å². The van der Waals surface area contributed by atoms with Gasteiger partial charge in [0.2, 0.25) is 0 Å². The van der Waals surface area contributed by atoms with Gasteiger partial charge < -0.3 is 5.32 Å². The van der Waals surface area contributed by atoms with Crippen molar-refractivity contribution in [1.82, 2.24) is 5.32 Å². The first kappa shape index (κ1) is 12.9. The van der Waals surface area contributed by atoms with E-state index in [9.17, 15) is 13.2 Å². The van der Waals surface area contributed by atoms with Gasteiger partial charge in [-0.05, 0) is 25.2 Å². The van der Waals surface area contributed by atoms with Crippen LogP contribution in [0.1, 0.15) is 11.1 Å². The van der Waals surface area contributed by atoms with Gasteiger partial charge in [0.05, 0.1) is 17.1 Å². The summed E-state index contributed by atoms with van der Waals surface area (Å²) in [7, 11) is 1.71. The molecule has 86 valence electrons. The van der Waals surface area contributed by atoms with Crippen LogP contribution in [-0.4, -0.2) is 13.6 Å². The number of rotatable bonds is 1. The largest absolute Gasteiger partial charge is 0.417 e. The van der Waals surface area contributed by atoms with Crippen molar-refractivity contribution in [2.75, 3.05) is 13.6 Å². The van der Waals surface area contributed by atoms with E-state index in [-0.39, 0.29) is 5.02 Å². The van der Waals surface area contributed by atoms with Crippen LogP contribution in [0.15, 0.2) is 18.2 Å². The van der Waals surface area contributed by atoms with Gasteiger partial charge >= 0.3 is 6.18 Å². The molecule has 0 aliphatic carbocycles. The maximum Gasteiger partial charge on any atom is 0.417 e. The number of hydrogen-bond donors (Lipinski definition) is 1. The zero-order valence-electron chi connectivity index (χ0n) is 8.45. The number of halogens is 4. The topological polar surface area (TPSA) is 12.0 Å². The highest BCUT2D eigenvalue weighted by Crippen LogP contribution is 2.34. The molecule has 0 radical (unpaired) electrons. The van der Waals surface area contributed by atoms with Crippen molar-refractivity contribution in [3.63, 3.8) is 0 Å². The zero-order chi connectivity index (χ0) is 12.2. The third-order valence-corrected chi connectivity index (χ3v) is 2.10. The first-order valence-corrected chi connectivity index (χ1v) is 4.83. The Morgan fingerprint density at radius 2 is 2.06 bits per heavy atom. The predicted molar refractivity (Wildman–Crippen MR) is 57.3 cm³/mol. The lowest BCUT2D eigenvalue weighted by Gasteiger charge is -2.08. The third kappa shape index (κ3) is 3.44. The van der Waals surface area contributed by atoms with Crippen molar-refractivity contribution in [1.29, 1.82) is 0 Å². The van der Waals surface area contributed by atoms with Crippen molar-refractivity contribution in [2.24, 2.45) is 0 Å². The lowest BCUT2D eigenvalue weighted by Crippen LogP contribution is -2.06. The summed E-state index contributed by atoms with van der Waals surface area (Å²) in [4.78, 5) is 0. The maximum atomic E-state index is 12.5. The van der Waals surface area contributed by atoms with Crippen LogP contribution in [0.25, 0.3) is 0 Å². The molecule has 1 N–H and O–H groups in total. The van der Waals surface area contributed by atoms with Crippen molar-refractivity contribution >= 4 is 11.6 Å². The van der Waals surface area contributed by atoms with Crippen LogP contribution in [0.4, 0.5) is 13.2 Å². The highest BCUT2D eigenvalue weighted by atomic mass is 35.5. The fraction of sp³-hybridized carbons (Fsp3) is 0.273. The van der Waals surface area contributed by atoms with E-state index in [0.29, 0.717) is 12.1 Å². The molecule has 0 saturated carbocycles. The summed E-state index contributed by atoms with van der Waals surface area (Å²) in [6.45, 7) is 0.421. The van der Waals surface area contributed by atoms with Crippen molar-refractivity contribution < 1.29 is 13.2 Å². The SMILES string of the molecule is CNCC#Cc1ccc(Cl)c(C(F)(F)F)c1. The quantitative estimate of drug-likeness (QED) is 0.753. The predicted octanol–water partition coefficient (Wildman–Crippen LogP) is 2.93. The molecule has 0 saturated heterocycles. The first-order chi connectivity index (χ1) is 7.45. The highest BCUT2D eigenvalue weighted by Gasteiger charge is 2.33. The Morgan fingerprint density at radius 1 is 1.38 bits per heavy atom. The van der Waals surface area contributed by atoms with Crippen LogP contribution >= 0.6 is 11.6 Å². The zero-order valence-corrected chi connectivity index (χ0v) is 9.21. The van der Waals surface area contributed by atoms with E-state index in [2.05, 4.69) is 17.2 Å². The molecule has 0 amide bonds. The van der Waals surface area contributed by atoms with Gasteiger partial charge in [-0.1, -0.05) is 23.4 Å². The smallest absolute Gasteiger partial charge is 0.309 e. The fourth-order valence-corrected chi connectivity index (χ4v) is 1.28. The van der Waals surface area contributed by atoms with E-state index >= 15 is 0 Å². The molecule has 0 bridgehead atoms. The summed E-state index contributed by atoms with van der Waals surface area (Å²) in [6, 6.07) is 3.61. The van der Waals surface area contributed by atoms with Gasteiger partial charge in [0.25, 0.3) is 0 Å². The molecule has 0 aromatic heterocycles. The van der Waals surface area contributed by atoms with E-state index in [1.54, 1.807) is 7.05 Å². The molecule has 16 heavy (non-hydrogen) atoms. The molecule has 1 rings (SSSR count). The molecule has 5 heteroatoms. The lowest BCUT2D eigenvalue weighted by atomic mass is 10.1. The summed E-state index contributed by atoms with van der Waals surface area (Å²) in [6.07, 6.45) is -4.45. The average Bonchev–Trinajstić information content (AvgIpc) is 2.19. The minimum atomic E-state index is -4.45. The maximum absolute atomic E-state index is 12.5. The summed E-state index contributed by atoms with van der Waals surface area (Å²) in [5, 5.41) is 2.46. The van der Waals surface area contributed by atoms with Crippen LogP contribution in [0.5, 0.6) is 0 Å². The van der Waals surface area contributed by atoms with Gasteiger partial charge in [0.1, 0.15) is 0 Å². The van der Waals surface area contributed by atoms with Crippen LogP contribution in [0, 0.1) is 11.8 Å². The fourth-order valence-electron chi connectivity index (χ4n) is 1.05. The van der Waals surface area contributed by atoms with Crippen molar-refractivity contribution in [3.05, 3.63) is 34.3 Å². The molecular formula is C11H9ClF3N. The Bertz CT molecular complexity index is 429. The second kappa shape index (κ2) is 5.24. The standard InChI is InChI=1S/C11H9ClF3N/c1-16-6-2-3-8-4-5-10(12)9(7-8)11(13,14)15/h4-5,7,16H,6H2,1H3. The van der Waals surface area contributed by atoms with Crippen LogP contribution < -0.4 is 5.32 Å². The van der Waals surface area contributed by atoms with Crippen LogP contribution in [0.2, 0.25) is 5.02 Å². The summed E-state index contributed by atoms with van der Waals surface area (Å²) < 4.78 is 37.4. The number of nitrogens with one attached hydrogen (secondary N) is 1. The molecule has 0 unspecified atom stereocenters. The number of benzene rings is 1. The normalized spacial score (nSPS) is 10.8. The third-order valence-electron chi connectivity index (χ3n) is 1.77. The minimum Gasteiger partial charge on any atom is -0.309 e. The molecule has 0 atom stereocenters. The van der Waals surface area contributed by atoms with Crippen LogP contribution in [0.3, 0.4) is 0 Å². The van der Waals surface area contributed by atoms with E-state index < -0.39 is 11.7 Å². The summed E-state index contributed by atoms with van der Waals surface area (Å²) in [5.41, 5.74) is -0.558. The Hall–Kier alpha value is -1.18. The Labute approximate surface area is 96.6 Å². The van der Waals surface area contributed by atoms with Gasteiger partial charge in [-0.15, -0.1) is 0 Å². The monoisotopic (exact) mass is 247 g/mol. The minimum absolute atomic E-state index is 0.298.